The summed E-state index contributed by atoms with van der Waals surface area (Å²) < 4.78 is 7.67. The molecule has 4 heterocycles. The van der Waals surface area contributed by atoms with Crippen molar-refractivity contribution in [2.45, 2.75) is 51.5 Å². The van der Waals surface area contributed by atoms with E-state index in [-0.39, 0.29) is 11.6 Å². The Kier molecular flexibility index (Phi) is 6.88. The van der Waals surface area contributed by atoms with Gasteiger partial charge in [-0.1, -0.05) is 30.3 Å². The number of hydrogen-bond acceptors (Lipinski definition) is 6. The number of piperidine rings is 1. The van der Waals surface area contributed by atoms with Crippen LogP contribution in [-0.2, 0) is 4.79 Å². The molecule has 0 radical (unpaired) electrons. The van der Waals surface area contributed by atoms with Gasteiger partial charge in [-0.3, -0.25) is 4.79 Å². The van der Waals surface area contributed by atoms with E-state index in [1.165, 1.54) is 17.3 Å². The van der Waals surface area contributed by atoms with Crippen molar-refractivity contribution in [1.82, 2.24) is 19.7 Å². The third kappa shape index (κ3) is 5.13. The maximum Gasteiger partial charge on any atom is 0.339 e. The van der Waals surface area contributed by atoms with Crippen LogP contribution < -0.4 is 10.1 Å². The summed E-state index contributed by atoms with van der Waals surface area (Å²) >= 11 is 0. The van der Waals surface area contributed by atoms with Gasteiger partial charge in [-0.2, -0.15) is 5.10 Å². The summed E-state index contributed by atoms with van der Waals surface area (Å²) in [4.78, 5) is 31.0. The normalized spacial score (nSPS) is 18.3. The van der Waals surface area contributed by atoms with Crippen molar-refractivity contribution in [3.05, 3.63) is 88.7 Å². The monoisotopic (exact) mass is 577 g/mol. The molecule has 1 aliphatic carbocycles. The van der Waals surface area contributed by atoms with Gasteiger partial charge in [0.2, 0.25) is 5.91 Å². The van der Waals surface area contributed by atoms with Crippen LogP contribution in [-0.4, -0.2) is 56.3 Å². The van der Waals surface area contributed by atoms with Gasteiger partial charge in [-0.25, -0.2) is 14.5 Å². The van der Waals surface area contributed by atoms with E-state index in [0.29, 0.717) is 35.9 Å². The molecule has 2 aromatic carbocycles. The Morgan fingerprint density at radius 3 is 2.51 bits per heavy atom. The summed E-state index contributed by atoms with van der Waals surface area (Å²) in [5, 5.41) is 17.5. The third-order valence-electron chi connectivity index (χ3n) is 9.07. The van der Waals surface area contributed by atoms with Gasteiger partial charge in [0.1, 0.15) is 17.9 Å². The zero-order valence-electron chi connectivity index (χ0n) is 24.4. The second kappa shape index (κ2) is 10.9. The molecular weight excluding hydrogens is 542 g/mol. The Labute approximate surface area is 250 Å². The molecule has 7 rings (SSSR count). The molecule has 0 bridgehead atoms. The average molecular weight is 578 g/mol. The lowest BCUT2D eigenvalue weighted by atomic mass is 9.88. The van der Waals surface area contributed by atoms with Crippen molar-refractivity contribution < 1.29 is 19.4 Å². The molecule has 9 nitrogen and oxygen atoms in total. The molecule has 2 aromatic heterocycles. The maximum absolute atomic E-state index is 12.5. The minimum Gasteiger partial charge on any atom is -0.491 e. The van der Waals surface area contributed by atoms with E-state index in [1.54, 1.807) is 11.6 Å². The number of carboxylic acid groups (broad SMARTS) is 1. The highest BCUT2D eigenvalue weighted by molar-refractivity contribution is 5.88. The highest BCUT2D eigenvalue weighted by Gasteiger charge is 2.35. The van der Waals surface area contributed by atoms with Crippen LogP contribution in [0.25, 0.3) is 17.1 Å². The quantitative estimate of drug-likeness (QED) is 0.281. The molecule has 4 aromatic rings. The lowest BCUT2D eigenvalue weighted by molar-refractivity contribution is -0.133. The number of amides is 1. The molecule has 2 aliphatic heterocycles. The number of nitrogens with zero attached hydrogens (tertiary/aromatic N) is 4. The molecule has 2 fully saturated rings. The van der Waals surface area contributed by atoms with Gasteiger partial charge < -0.3 is 20.1 Å². The van der Waals surface area contributed by atoms with Crippen LogP contribution in [0.2, 0.25) is 0 Å². The molecule has 2 N–H and O–H groups in total. The van der Waals surface area contributed by atoms with Crippen LogP contribution >= 0.6 is 0 Å². The standard InChI is InChI=1S/C34H35N5O4/c1-20-17-24(22-13-15-38(16-14-22)33(40)23-9-10-23)11-12-27(20)36-29-19-43-30-7-3-5-25(32(29)30)28-6-4-8-31(37-28)39-21(2)26(18-35-39)34(41)42/h3-8,11-12,17-18,22-23,29,36H,9-10,13-16,19H2,1-2H3,(H,41,42). The first-order chi connectivity index (χ1) is 20.9. The Balaban J connectivity index is 1.11. The predicted octanol–water partition coefficient (Wildman–Crippen LogP) is 5.91. The summed E-state index contributed by atoms with van der Waals surface area (Å²) in [5.41, 5.74) is 7.03. The number of anilines is 1. The van der Waals surface area contributed by atoms with E-state index in [9.17, 15) is 14.7 Å². The third-order valence-corrected chi connectivity index (χ3v) is 9.07. The Morgan fingerprint density at radius 1 is 1.00 bits per heavy atom. The maximum atomic E-state index is 12.5. The number of carbonyl (C=O) groups excluding carboxylic acids is 1. The van der Waals surface area contributed by atoms with Crippen LogP contribution in [0.3, 0.4) is 0 Å². The topological polar surface area (TPSA) is 110 Å². The predicted molar refractivity (Wildman–Crippen MR) is 163 cm³/mol. The summed E-state index contributed by atoms with van der Waals surface area (Å²) in [7, 11) is 0. The van der Waals surface area contributed by atoms with Crippen LogP contribution in [0.1, 0.15) is 70.4 Å². The fraction of sp³-hybridized carbons (Fsp3) is 0.353. The number of fused-ring (bicyclic) bond motifs is 1. The lowest BCUT2D eigenvalue weighted by Crippen LogP contribution is -2.38. The second-order valence-electron chi connectivity index (χ2n) is 11.9. The number of aromatic nitrogens is 3. The SMILES string of the molecule is Cc1cc(C2CCN(C(=O)C3CC3)CC2)ccc1NC1COc2cccc(-c3cccc(-n4ncc(C(=O)O)c4C)n3)c21. The van der Waals surface area contributed by atoms with Crippen molar-refractivity contribution >= 4 is 17.6 Å². The number of benzene rings is 2. The molecule has 43 heavy (non-hydrogen) atoms. The van der Waals surface area contributed by atoms with E-state index in [1.807, 2.05) is 36.4 Å². The number of nitrogens with one attached hydrogen (secondary N) is 1. The molecule has 1 saturated heterocycles. The fourth-order valence-electron chi connectivity index (χ4n) is 6.48. The van der Waals surface area contributed by atoms with Gasteiger partial charge in [-0.05, 0) is 80.8 Å². The van der Waals surface area contributed by atoms with Crippen molar-refractivity contribution in [3.63, 3.8) is 0 Å². The number of ether oxygens (including phenoxy) is 1. The highest BCUT2D eigenvalue weighted by Crippen LogP contribution is 2.42. The molecule has 1 atom stereocenters. The van der Waals surface area contributed by atoms with Crippen LogP contribution in [0, 0.1) is 19.8 Å². The number of likely N-dealkylation sites (tertiary alicyclic amines) is 1. The number of aryl methyl sites for hydroxylation is 1. The van der Waals surface area contributed by atoms with Crippen LogP contribution in [0.4, 0.5) is 5.69 Å². The first-order valence-electron chi connectivity index (χ1n) is 15.0. The first kappa shape index (κ1) is 27.2. The highest BCUT2D eigenvalue weighted by atomic mass is 16.5. The van der Waals surface area contributed by atoms with E-state index in [2.05, 4.69) is 40.4 Å². The summed E-state index contributed by atoms with van der Waals surface area (Å²) in [5.74, 6) is 1.49. The minimum atomic E-state index is -1.01. The number of rotatable bonds is 7. The molecule has 220 valence electrons. The second-order valence-corrected chi connectivity index (χ2v) is 11.9. The molecular formula is C34H35N5O4. The zero-order chi connectivity index (χ0) is 29.7. The minimum absolute atomic E-state index is 0.0667. The van der Waals surface area contributed by atoms with Gasteiger partial charge in [0.15, 0.2) is 5.82 Å². The summed E-state index contributed by atoms with van der Waals surface area (Å²) in [6.45, 7) is 6.08. The van der Waals surface area contributed by atoms with Crippen molar-refractivity contribution in [2.75, 3.05) is 25.0 Å². The van der Waals surface area contributed by atoms with Gasteiger partial charge in [-0.15, -0.1) is 0 Å². The molecule has 1 unspecified atom stereocenters. The number of aromatic carboxylic acids is 1. The Morgan fingerprint density at radius 2 is 1.79 bits per heavy atom. The number of carboxylic acids is 1. The van der Waals surface area contributed by atoms with E-state index < -0.39 is 5.97 Å². The molecule has 3 aliphatic rings. The van der Waals surface area contributed by atoms with E-state index in [0.717, 1.165) is 67.0 Å². The number of pyridine rings is 1. The molecule has 1 saturated carbocycles. The molecule has 9 heteroatoms. The number of carbonyl (C=O) groups is 2. The van der Waals surface area contributed by atoms with Gasteiger partial charge >= 0.3 is 5.97 Å². The van der Waals surface area contributed by atoms with Gasteiger partial charge in [0.25, 0.3) is 0 Å². The van der Waals surface area contributed by atoms with E-state index in [4.69, 9.17) is 9.72 Å². The first-order valence-corrected chi connectivity index (χ1v) is 15.0. The largest absolute Gasteiger partial charge is 0.491 e. The van der Waals surface area contributed by atoms with Crippen LogP contribution in [0.5, 0.6) is 5.75 Å². The van der Waals surface area contributed by atoms with Gasteiger partial charge in [0.05, 0.1) is 23.6 Å². The smallest absolute Gasteiger partial charge is 0.339 e. The Bertz CT molecular complexity index is 1720. The lowest BCUT2D eigenvalue weighted by Gasteiger charge is -2.32. The zero-order valence-corrected chi connectivity index (χ0v) is 24.4. The average Bonchev–Trinajstić information content (AvgIpc) is 3.68. The number of hydrogen-bond donors (Lipinski definition) is 2. The van der Waals surface area contributed by atoms with Crippen LogP contribution in [0.15, 0.2) is 60.8 Å². The summed E-state index contributed by atoms with van der Waals surface area (Å²) in [6.07, 6.45) is 5.51. The molecule has 0 spiro atoms. The van der Waals surface area contributed by atoms with E-state index >= 15 is 0 Å². The summed E-state index contributed by atoms with van der Waals surface area (Å²) in [6, 6.07) is 18.3. The van der Waals surface area contributed by atoms with Crippen molar-refractivity contribution in [3.8, 4) is 22.8 Å². The van der Waals surface area contributed by atoms with Crippen molar-refractivity contribution in [1.29, 1.82) is 0 Å². The molecule has 1 amide bonds. The van der Waals surface area contributed by atoms with Gasteiger partial charge in [0, 0.05) is 35.8 Å². The van der Waals surface area contributed by atoms with Crippen molar-refractivity contribution in [2.24, 2.45) is 5.92 Å². The fourth-order valence-corrected chi connectivity index (χ4v) is 6.48. The Hall–Kier alpha value is -4.66.